The highest BCUT2D eigenvalue weighted by Gasteiger charge is 2.28. The number of nitrogens with one attached hydrogen (secondary N) is 1. The summed E-state index contributed by atoms with van der Waals surface area (Å²) in [5, 5.41) is 2.00. The van der Waals surface area contributed by atoms with Gasteiger partial charge in [0.05, 0.1) is 16.8 Å². The van der Waals surface area contributed by atoms with E-state index in [2.05, 4.69) is 10.3 Å². The van der Waals surface area contributed by atoms with Gasteiger partial charge in [0.15, 0.2) is 9.84 Å². The van der Waals surface area contributed by atoms with E-state index in [1.165, 1.54) is 6.92 Å². The molecule has 6 nitrogen and oxygen atoms in total. The van der Waals surface area contributed by atoms with Gasteiger partial charge >= 0.3 is 0 Å². The van der Waals surface area contributed by atoms with Crippen LogP contribution in [0.3, 0.4) is 0 Å². The maximum atomic E-state index is 12.2. The predicted octanol–water partition coefficient (Wildman–Crippen LogP) is 2.38. The zero-order chi connectivity index (χ0) is 16.5. The van der Waals surface area contributed by atoms with Crippen LogP contribution in [0.4, 0.5) is 5.95 Å². The standard InChI is InChI=1S/C14H18ClN3O3S/c1-4-7-22(20,21)9(2)13(19)17-14-16-11-8-10(15)5-6-12(11)18(14)3/h5-6,8-9H,4,7H2,1-3H3,(H,16,17,19)/t9-/m0/s1. The molecule has 8 heteroatoms. The Hall–Kier alpha value is -1.60. The van der Waals surface area contributed by atoms with Crippen molar-refractivity contribution in [3.8, 4) is 0 Å². The molecule has 0 saturated carbocycles. The Balaban J connectivity index is 2.27. The van der Waals surface area contributed by atoms with Crippen molar-refractivity contribution in [2.45, 2.75) is 25.5 Å². The number of nitrogens with zero attached hydrogens (tertiary/aromatic N) is 2. The Labute approximate surface area is 134 Å². The summed E-state index contributed by atoms with van der Waals surface area (Å²) in [6.45, 7) is 3.15. The molecule has 120 valence electrons. The number of sulfone groups is 1. The van der Waals surface area contributed by atoms with Crippen LogP contribution >= 0.6 is 11.6 Å². The molecule has 2 aromatic rings. The third-order valence-electron chi connectivity index (χ3n) is 3.47. The largest absolute Gasteiger partial charge is 0.313 e. The van der Waals surface area contributed by atoms with E-state index in [4.69, 9.17) is 11.6 Å². The molecule has 0 aliphatic carbocycles. The lowest BCUT2D eigenvalue weighted by Crippen LogP contribution is -2.34. The summed E-state index contributed by atoms with van der Waals surface area (Å²) in [6.07, 6.45) is 0.477. The lowest BCUT2D eigenvalue weighted by molar-refractivity contribution is -0.115. The second kappa shape index (κ2) is 6.26. The Morgan fingerprint density at radius 2 is 2.14 bits per heavy atom. The van der Waals surface area contributed by atoms with Crippen molar-refractivity contribution in [3.63, 3.8) is 0 Å². The molecule has 0 bridgehead atoms. The van der Waals surface area contributed by atoms with Gasteiger partial charge in [-0.2, -0.15) is 0 Å². The molecule has 0 saturated heterocycles. The quantitative estimate of drug-likeness (QED) is 0.903. The lowest BCUT2D eigenvalue weighted by Gasteiger charge is -2.12. The van der Waals surface area contributed by atoms with Gasteiger partial charge in [-0.15, -0.1) is 0 Å². The smallest absolute Gasteiger partial charge is 0.244 e. The molecular formula is C14H18ClN3O3S. The van der Waals surface area contributed by atoms with E-state index in [1.54, 1.807) is 36.7 Å². The molecule has 0 fully saturated rings. The van der Waals surface area contributed by atoms with Crippen LogP contribution in [-0.4, -0.2) is 34.9 Å². The Kier molecular flexibility index (Phi) is 4.77. The highest BCUT2D eigenvalue weighted by atomic mass is 35.5. The van der Waals surface area contributed by atoms with E-state index in [9.17, 15) is 13.2 Å². The number of fused-ring (bicyclic) bond motifs is 1. The van der Waals surface area contributed by atoms with E-state index in [1.807, 2.05) is 0 Å². The fraction of sp³-hybridized carbons (Fsp3) is 0.429. The molecule has 1 aromatic heterocycles. The number of halogens is 1. The van der Waals surface area contributed by atoms with Crippen molar-refractivity contribution >= 4 is 44.3 Å². The number of carbonyl (C=O) groups excluding carboxylic acids is 1. The molecule has 0 aliphatic rings. The molecule has 1 heterocycles. The molecular weight excluding hydrogens is 326 g/mol. The number of aromatic nitrogens is 2. The van der Waals surface area contributed by atoms with Gasteiger partial charge in [-0.25, -0.2) is 13.4 Å². The zero-order valence-corrected chi connectivity index (χ0v) is 14.2. The third kappa shape index (κ3) is 3.25. The van der Waals surface area contributed by atoms with E-state index >= 15 is 0 Å². The first-order valence-electron chi connectivity index (χ1n) is 6.90. The molecule has 1 aromatic carbocycles. The number of hydrogen-bond acceptors (Lipinski definition) is 4. The monoisotopic (exact) mass is 343 g/mol. The van der Waals surface area contributed by atoms with Crippen molar-refractivity contribution in [3.05, 3.63) is 23.2 Å². The van der Waals surface area contributed by atoms with Crippen LogP contribution in [0.1, 0.15) is 20.3 Å². The van der Waals surface area contributed by atoms with Crippen molar-refractivity contribution in [2.24, 2.45) is 7.05 Å². The molecule has 0 radical (unpaired) electrons. The summed E-state index contributed by atoms with van der Waals surface area (Å²) in [7, 11) is -1.71. The van der Waals surface area contributed by atoms with Crippen molar-refractivity contribution in [1.29, 1.82) is 0 Å². The molecule has 1 amide bonds. The van der Waals surface area contributed by atoms with Crippen molar-refractivity contribution in [1.82, 2.24) is 9.55 Å². The summed E-state index contributed by atoms with van der Waals surface area (Å²) in [5.74, 6) is -0.307. The SMILES string of the molecule is CCCS(=O)(=O)[C@@H](C)C(=O)Nc1nc2cc(Cl)ccc2n1C. The second-order valence-corrected chi connectivity index (χ2v) is 8.00. The first kappa shape index (κ1) is 16.8. The van der Waals surface area contributed by atoms with E-state index in [0.717, 1.165) is 5.52 Å². The van der Waals surface area contributed by atoms with Gasteiger partial charge in [0.25, 0.3) is 0 Å². The number of imidazole rings is 1. The average molecular weight is 344 g/mol. The van der Waals surface area contributed by atoms with Gasteiger partial charge in [-0.3, -0.25) is 10.1 Å². The van der Waals surface area contributed by atoms with Gasteiger partial charge in [0, 0.05) is 12.1 Å². The fourth-order valence-corrected chi connectivity index (χ4v) is 3.59. The number of hydrogen-bond donors (Lipinski definition) is 1. The lowest BCUT2D eigenvalue weighted by atomic mass is 10.3. The minimum Gasteiger partial charge on any atom is -0.313 e. The summed E-state index contributed by atoms with van der Waals surface area (Å²) in [6, 6.07) is 5.20. The normalized spacial score (nSPS) is 13.3. The first-order chi connectivity index (χ1) is 10.3. The van der Waals surface area contributed by atoms with Crippen LogP contribution in [0.15, 0.2) is 18.2 Å². The van der Waals surface area contributed by atoms with Crippen LogP contribution in [-0.2, 0) is 21.7 Å². The molecule has 0 aliphatic heterocycles. The zero-order valence-electron chi connectivity index (χ0n) is 12.6. The number of rotatable bonds is 5. The summed E-state index contributed by atoms with van der Waals surface area (Å²) < 4.78 is 25.6. The Morgan fingerprint density at radius 1 is 1.45 bits per heavy atom. The minimum absolute atomic E-state index is 0.0142. The Morgan fingerprint density at radius 3 is 2.77 bits per heavy atom. The average Bonchev–Trinajstić information content (AvgIpc) is 2.73. The fourth-order valence-electron chi connectivity index (χ4n) is 2.12. The molecule has 0 unspecified atom stereocenters. The van der Waals surface area contributed by atoms with Crippen molar-refractivity contribution in [2.75, 3.05) is 11.1 Å². The number of aryl methyl sites for hydroxylation is 1. The molecule has 1 atom stereocenters. The number of anilines is 1. The van der Waals surface area contributed by atoms with Crippen LogP contribution in [0.25, 0.3) is 11.0 Å². The van der Waals surface area contributed by atoms with E-state index < -0.39 is 21.0 Å². The third-order valence-corrected chi connectivity index (χ3v) is 5.98. The van der Waals surface area contributed by atoms with Crippen molar-refractivity contribution < 1.29 is 13.2 Å². The minimum atomic E-state index is -3.45. The van der Waals surface area contributed by atoms with Crippen LogP contribution in [0.2, 0.25) is 5.02 Å². The highest BCUT2D eigenvalue weighted by Crippen LogP contribution is 2.22. The molecule has 0 spiro atoms. The summed E-state index contributed by atoms with van der Waals surface area (Å²) in [5.41, 5.74) is 1.43. The van der Waals surface area contributed by atoms with Crippen LogP contribution in [0, 0.1) is 0 Å². The predicted molar refractivity (Wildman–Crippen MR) is 87.9 cm³/mol. The number of benzene rings is 1. The highest BCUT2D eigenvalue weighted by molar-refractivity contribution is 7.92. The van der Waals surface area contributed by atoms with Gasteiger partial charge in [0.2, 0.25) is 11.9 Å². The number of amides is 1. The van der Waals surface area contributed by atoms with Gasteiger partial charge in [0.1, 0.15) is 5.25 Å². The summed E-state index contributed by atoms with van der Waals surface area (Å²) in [4.78, 5) is 16.4. The van der Waals surface area contributed by atoms with Gasteiger partial charge in [-0.05, 0) is 31.5 Å². The maximum Gasteiger partial charge on any atom is 0.244 e. The maximum absolute atomic E-state index is 12.2. The molecule has 1 N–H and O–H groups in total. The molecule has 2 rings (SSSR count). The van der Waals surface area contributed by atoms with Crippen LogP contribution < -0.4 is 5.32 Å². The summed E-state index contributed by atoms with van der Waals surface area (Å²) >= 11 is 5.92. The molecule has 22 heavy (non-hydrogen) atoms. The first-order valence-corrected chi connectivity index (χ1v) is 9.00. The Bertz CT molecular complexity index is 814. The van der Waals surface area contributed by atoms with Gasteiger partial charge < -0.3 is 4.57 Å². The number of carbonyl (C=O) groups is 1. The van der Waals surface area contributed by atoms with E-state index in [0.29, 0.717) is 22.9 Å². The van der Waals surface area contributed by atoms with Gasteiger partial charge in [-0.1, -0.05) is 18.5 Å². The second-order valence-electron chi connectivity index (χ2n) is 5.13. The topological polar surface area (TPSA) is 81.1 Å². The van der Waals surface area contributed by atoms with E-state index in [-0.39, 0.29) is 5.75 Å². The van der Waals surface area contributed by atoms with Crippen LogP contribution in [0.5, 0.6) is 0 Å².